The van der Waals surface area contributed by atoms with E-state index >= 15 is 0 Å². The van der Waals surface area contributed by atoms with Crippen molar-refractivity contribution in [2.75, 3.05) is 22.9 Å². The standard InChI is InChI=1S/C22H22N4O/c1-3-25(18-9-6-7-16(2)15-18)21(27)19-11-13-23-22(24-19)26-14-12-17-8-4-5-10-20(17)26/h4-11,13,15H,3,12,14H2,1-2H3. The smallest absolute Gasteiger partial charge is 0.277 e. The number of fused-ring (bicyclic) bond motifs is 1. The molecular weight excluding hydrogens is 336 g/mol. The minimum absolute atomic E-state index is 0.112. The minimum Gasteiger partial charge on any atom is -0.310 e. The van der Waals surface area contributed by atoms with Gasteiger partial charge in [-0.25, -0.2) is 9.97 Å². The summed E-state index contributed by atoms with van der Waals surface area (Å²) in [7, 11) is 0. The van der Waals surface area contributed by atoms with Gasteiger partial charge in [-0.2, -0.15) is 0 Å². The molecule has 1 amide bonds. The molecule has 0 aliphatic carbocycles. The van der Waals surface area contributed by atoms with Gasteiger partial charge in [0.25, 0.3) is 5.91 Å². The van der Waals surface area contributed by atoms with Gasteiger partial charge in [-0.15, -0.1) is 0 Å². The first-order valence-corrected chi connectivity index (χ1v) is 9.24. The number of hydrogen-bond donors (Lipinski definition) is 0. The first-order chi connectivity index (χ1) is 13.2. The van der Waals surface area contributed by atoms with Crippen molar-refractivity contribution in [2.45, 2.75) is 20.3 Å². The molecule has 0 spiro atoms. The SMILES string of the molecule is CCN(C(=O)c1ccnc(N2CCc3ccccc32)n1)c1cccc(C)c1. The molecule has 3 aromatic rings. The fourth-order valence-corrected chi connectivity index (χ4v) is 3.52. The number of anilines is 3. The number of aromatic nitrogens is 2. The van der Waals surface area contributed by atoms with Gasteiger partial charge in [-0.05, 0) is 55.7 Å². The lowest BCUT2D eigenvalue weighted by Gasteiger charge is -2.22. The Morgan fingerprint density at radius 3 is 2.81 bits per heavy atom. The molecule has 1 aliphatic heterocycles. The van der Waals surface area contributed by atoms with E-state index in [2.05, 4.69) is 27.0 Å². The Labute approximate surface area is 159 Å². The number of carbonyl (C=O) groups excluding carboxylic acids is 1. The van der Waals surface area contributed by atoms with E-state index in [9.17, 15) is 4.79 Å². The van der Waals surface area contributed by atoms with Gasteiger partial charge in [0.2, 0.25) is 5.95 Å². The summed E-state index contributed by atoms with van der Waals surface area (Å²) in [5.41, 5.74) is 4.82. The Hall–Kier alpha value is -3.21. The first kappa shape index (κ1) is 17.2. The zero-order valence-electron chi connectivity index (χ0n) is 15.6. The van der Waals surface area contributed by atoms with Gasteiger partial charge in [0.05, 0.1) is 0 Å². The summed E-state index contributed by atoms with van der Waals surface area (Å²) in [6.07, 6.45) is 2.63. The Morgan fingerprint density at radius 2 is 2.00 bits per heavy atom. The van der Waals surface area contributed by atoms with E-state index < -0.39 is 0 Å². The highest BCUT2D eigenvalue weighted by Crippen LogP contribution is 2.32. The van der Waals surface area contributed by atoms with Crippen molar-refractivity contribution in [3.63, 3.8) is 0 Å². The second kappa shape index (κ2) is 7.19. The van der Waals surface area contributed by atoms with Crippen molar-refractivity contribution in [1.82, 2.24) is 9.97 Å². The van der Waals surface area contributed by atoms with E-state index in [-0.39, 0.29) is 5.91 Å². The molecule has 0 atom stereocenters. The Kier molecular flexibility index (Phi) is 4.59. The van der Waals surface area contributed by atoms with Gasteiger partial charge < -0.3 is 9.80 Å². The molecule has 0 bridgehead atoms. The lowest BCUT2D eigenvalue weighted by atomic mass is 10.2. The normalized spacial score (nSPS) is 12.7. The topological polar surface area (TPSA) is 49.3 Å². The number of benzene rings is 2. The molecule has 0 radical (unpaired) electrons. The van der Waals surface area contributed by atoms with E-state index in [4.69, 9.17) is 0 Å². The van der Waals surface area contributed by atoms with Crippen LogP contribution in [0.4, 0.5) is 17.3 Å². The summed E-state index contributed by atoms with van der Waals surface area (Å²) in [5, 5.41) is 0. The van der Waals surface area contributed by atoms with Crippen LogP contribution >= 0.6 is 0 Å². The Balaban J connectivity index is 1.65. The zero-order valence-corrected chi connectivity index (χ0v) is 15.6. The molecule has 136 valence electrons. The number of nitrogens with zero attached hydrogens (tertiary/aromatic N) is 4. The summed E-state index contributed by atoms with van der Waals surface area (Å²) in [4.78, 5) is 26.0. The third kappa shape index (κ3) is 3.28. The highest BCUT2D eigenvalue weighted by atomic mass is 16.2. The number of hydrogen-bond acceptors (Lipinski definition) is 4. The maximum atomic E-state index is 13.1. The predicted molar refractivity (Wildman–Crippen MR) is 108 cm³/mol. The van der Waals surface area contributed by atoms with Crippen LogP contribution < -0.4 is 9.80 Å². The van der Waals surface area contributed by atoms with Crippen molar-refractivity contribution in [2.24, 2.45) is 0 Å². The first-order valence-electron chi connectivity index (χ1n) is 9.24. The highest BCUT2D eigenvalue weighted by Gasteiger charge is 2.24. The third-order valence-corrected chi connectivity index (χ3v) is 4.87. The van der Waals surface area contributed by atoms with Gasteiger partial charge >= 0.3 is 0 Å². The van der Waals surface area contributed by atoms with Crippen molar-refractivity contribution in [3.8, 4) is 0 Å². The molecule has 0 saturated heterocycles. The van der Waals surface area contributed by atoms with Crippen LogP contribution in [0.25, 0.3) is 0 Å². The second-order valence-corrected chi connectivity index (χ2v) is 6.66. The molecule has 2 aromatic carbocycles. The molecule has 2 heterocycles. The average molecular weight is 358 g/mol. The van der Waals surface area contributed by atoms with Crippen LogP contribution in [-0.4, -0.2) is 29.0 Å². The number of aryl methyl sites for hydroxylation is 1. The van der Waals surface area contributed by atoms with Gasteiger partial charge in [-0.1, -0.05) is 30.3 Å². The molecule has 0 fully saturated rings. The monoisotopic (exact) mass is 358 g/mol. The van der Waals surface area contributed by atoms with Crippen molar-refractivity contribution in [1.29, 1.82) is 0 Å². The summed E-state index contributed by atoms with van der Waals surface area (Å²) in [6.45, 7) is 5.40. The van der Waals surface area contributed by atoms with Crippen LogP contribution in [-0.2, 0) is 6.42 Å². The molecule has 5 heteroatoms. The van der Waals surface area contributed by atoms with Crippen LogP contribution in [0.2, 0.25) is 0 Å². The quantitative estimate of drug-likeness (QED) is 0.703. The zero-order chi connectivity index (χ0) is 18.8. The van der Waals surface area contributed by atoms with Crippen LogP contribution in [0.5, 0.6) is 0 Å². The van der Waals surface area contributed by atoms with E-state index in [1.807, 2.05) is 50.2 Å². The van der Waals surface area contributed by atoms with Gasteiger partial charge in [-0.3, -0.25) is 4.79 Å². The van der Waals surface area contributed by atoms with Gasteiger partial charge in [0.15, 0.2) is 0 Å². The fraction of sp³-hybridized carbons (Fsp3) is 0.227. The average Bonchev–Trinajstić information content (AvgIpc) is 3.13. The number of carbonyl (C=O) groups is 1. The summed E-state index contributed by atoms with van der Waals surface area (Å²) in [5.74, 6) is 0.463. The Bertz CT molecular complexity index is 985. The number of rotatable bonds is 4. The summed E-state index contributed by atoms with van der Waals surface area (Å²) >= 11 is 0. The third-order valence-electron chi connectivity index (χ3n) is 4.87. The molecule has 0 saturated carbocycles. The molecule has 0 N–H and O–H groups in total. The van der Waals surface area contributed by atoms with E-state index in [0.717, 1.165) is 29.9 Å². The minimum atomic E-state index is -0.112. The van der Waals surface area contributed by atoms with Crippen molar-refractivity contribution in [3.05, 3.63) is 77.6 Å². The van der Waals surface area contributed by atoms with E-state index in [1.165, 1.54) is 5.56 Å². The van der Waals surface area contributed by atoms with Crippen LogP contribution in [0.1, 0.15) is 28.5 Å². The lowest BCUT2D eigenvalue weighted by molar-refractivity contribution is 0.0983. The molecule has 27 heavy (non-hydrogen) atoms. The molecule has 5 nitrogen and oxygen atoms in total. The molecule has 1 aromatic heterocycles. The molecule has 4 rings (SSSR count). The highest BCUT2D eigenvalue weighted by molar-refractivity contribution is 6.05. The molecule has 0 unspecified atom stereocenters. The van der Waals surface area contributed by atoms with Crippen LogP contribution in [0, 0.1) is 6.92 Å². The van der Waals surface area contributed by atoms with Crippen molar-refractivity contribution >= 4 is 23.2 Å². The number of amides is 1. The fourth-order valence-electron chi connectivity index (χ4n) is 3.52. The van der Waals surface area contributed by atoms with Crippen LogP contribution in [0.3, 0.4) is 0 Å². The van der Waals surface area contributed by atoms with E-state index in [1.54, 1.807) is 17.2 Å². The Morgan fingerprint density at radius 1 is 1.15 bits per heavy atom. The molecule has 1 aliphatic rings. The predicted octanol–water partition coefficient (Wildman–Crippen LogP) is 4.15. The second-order valence-electron chi connectivity index (χ2n) is 6.66. The van der Waals surface area contributed by atoms with Crippen LogP contribution in [0.15, 0.2) is 60.8 Å². The maximum absolute atomic E-state index is 13.1. The van der Waals surface area contributed by atoms with Gasteiger partial charge in [0, 0.05) is 30.7 Å². The summed E-state index contributed by atoms with van der Waals surface area (Å²) < 4.78 is 0. The summed E-state index contributed by atoms with van der Waals surface area (Å²) in [6, 6.07) is 17.9. The molecular formula is C22H22N4O. The van der Waals surface area contributed by atoms with Gasteiger partial charge in [0.1, 0.15) is 5.69 Å². The largest absolute Gasteiger partial charge is 0.310 e. The van der Waals surface area contributed by atoms with E-state index in [0.29, 0.717) is 18.2 Å². The van der Waals surface area contributed by atoms with Crippen molar-refractivity contribution < 1.29 is 4.79 Å². The lowest BCUT2D eigenvalue weighted by Crippen LogP contribution is -2.32. The number of para-hydroxylation sites is 1. The maximum Gasteiger partial charge on any atom is 0.277 e.